The van der Waals surface area contributed by atoms with Crippen LogP contribution < -0.4 is 9.47 Å². The minimum Gasteiger partial charge on any atom is -0.487 e. The molecule has 1 aromatic carbocycles. The molecule has 0 aliphatic carbocycles. The molecule has 20 heavy (non-hydrogen) atoms. The Labute approximate surface area is 130 Å². The molecule has 0 N–H and O–H groups in total. The normalized spacial score (nSPS) is 12.7. The average molecular weight is 319 g/mol. The van der Waals surface area contributed by atoms with Crippen LogP contribution in [-0.4, -0.2) is 23.4 Å². The highest BCUT2D eigenvalue weighted by molar-refractivity contribution is 6.39. The zero-order valence-corrected chi connectivity index (χ0v) is 13.9. The Morgan fingerprint density at radius 1 is 1.00 bits per heavy atom. The summed E-state index contributed by atoms with van der Waals surface area (Å²) < 4.78 is 11.4. The number of Topliss-reactive ketones (excluding diaryl/α,β-unsaturated/α-hetero) is 1. The number of ketones is 1. The van der Waals surface area contributed by atoms with Crippen molar-refractivity contribution in [2.24, 2.45) is 0 Å². The number of ether oxygens (including phenoxy) is 2. The Morgan fingerprint density at radius 3 is 1.85 bits per heavy atom. The second-order valence-corrected chi connectivity index (χ2v) is 6.15. The van der Waals surface area contributed by atoms with Crippen molar-refractivity contribution in [1.29, 1.82) is 0 Å². The molecule has 0 fully saturated rings. The highest BCUT2D eigenvalue weighted by atomic mass is 35.5. The van der Waals surface area contributed by atoms with Gasteiger partial charge in [-0.3, -0.25) is 4.79 Å². The second kappa shape index (κ2) is 7.19. The fraction of sp³-hybridized carbons (Fsp3) is 0.533. The van der Waals surface area contributed by atoms with E-state index in [-0.39, 0.29) is 18.0 Å². The van der Waals surface area contributed by atoms with Crippen LogP contribution in [0.1, 0.15) is 45.0 Å². The van der Waals surface area contributed by atoms with E-state index < -0.39 is 5.38 Å². The van der Waals surface area contributed by atoms with Gasteiger partial charge in [-0.25, -0.2) is 0 Å². The smallest absolute Gasteiger partial charge is 0.182 e. The summed E-state index contributed by atoms with van der Waals surface area (Å²) in [5.41, 5.74) is 0.348. The van der Waals surface area contributed by atoms with Crippen molar-refractivity contribution >= 4 is 29.0 Å². The lowest BCUT2D eigenvalue weighted by molar-refractivity contribution is 0.0991. The lowest BCUT2D eigenvalue weighted by atomic mass is 10.1. The lowest BCUT2D eigenvalue weighted by Gasteiger charge is -2.19. The van der Waals surface area contributed by atoms with Crippen LogP contribution in [-0.2, 0) is 0 Å². The van der Waals surface area contributed by atoms with Gasteiger partial charge < -0.3 is 9.47 Å². The molecule has 1 aromatic rings. The van der Waals surface area contributed by atoms with Gasteiger partial charge in [-0.2, -0.15) is 0 Å². The third-order valence-electron chi connectivity index (χ3n) is 2.39. The van der Waals surface area contributed by atoms with Crippen LogP contribution in [0.25, 0.3) is 0 Å². The van der Waals surface area contributed by atoms with E-state index in [1.54, 1.807) is 19.1 Å². The van der Waals surface area contributed by atoms with Gasteiger partial charge in [0.05, 0.1) is 22.6 Å². The van der Waals surface area contributed by atoms with Gasteiger partial charge in [0.15, 0.2) is 17.3 Å². The first kappa shape index (κ1) is 17.1. The lowest BCUT2D eigenvalue weighted by Crippen LogP contribution is -2.14. The molecule has 3 nitrogen and oxygen atoms in total. The van der Waals surface area contributed by atoms with Gasteiger partial charge in [0.25, 0.3) is 0 Å². The minimum atomic E-state index is -0.642. The number of rotatable bonds is 6. The van der Waals surface area contributed by atoms with Gasteiger partial charge in [0, 0.05) is 11.6 Å². The quantitative estimate of drug-likeness (QED) is 0.562. The zero-order chi connectivity index (χ0) is 15.4. The summed E-state index contributed by atoms with van der Waals surface area (Å²) in [6.07, 6.45) is -0.0591. The first-order valence-corrected chi connectivity index (χ1v) is 7.39. The molecule has 1 atom stereocenters. The van der Waals surface area contributed by atoms with Crippen LogP contribution in [0.2, 0.25) is 5.02 Å². The van der Waals surface area contributed by atoms with Gasteiger partial charge in [0.2, 0.25) is 0 Å². The molecule has 0 aromatic heterocycles. The number of benzene rings is 1. The molecular formula is C15H20Cl2O3. The zero-order valence-electron chi connectivity index (χ0n) is 12.4. The van der Waals surface area contributed by atoms with E-state index in [1.165, 1.54) is 0 Å². The van der Waals surface area contributed by atoms with Crippen molar-refractivity contribution in [2.45, 2.75) is 52.2 Å². The van der Waals surface area contributed by atoms with E-state index in [0.717, 1.165) is 0 Å². The van der Waals surface area contributed by atoms with Gasteiger partial charge >= 0.3 is 0 Å². The number of hydrogen-bond donors (Lipinski definition) is 0. The Morgan fingerprint density at radius 2 is 1.45 bits per heavy atom. The Balaban J connectivity index is 3.27. The molecule has 0 saturated heterocycles. The predicted molar refractivity (Wildman–Crippen MR) is 82.6 cm³/mol. The van der Waals surface area contributed by atoms with E-state index in [2.05, 4.69) is 0 Å². The largest absolute Gasteiger partial charge is 0.487 e. The SMILES string of the molecule is CC(C)Oc1cc(Cl)c(C(=O)C(C)Cl)cc1OC(C)C. The summed E-state index contributed by atoms with van der Waals surface area (Å²) in [6, 6.07) is 3.20. The maximum atomic E-state index is 12.0. The Kier molecular flexibility index (Phi) is 6.15. The number of halogens is 2. The molecule has 0 saturated carbocycles. The highest BCUT2D eigenvalue weighted by Crippen LogP contribution is 2.35. The summed E-state index contributed by atoms with van der Waals surface area (Å²) >= 11 is 12.0. The molecule has 0 bridgehead atoms. The first-order valence-electron chi connectivity index (χ1n) is 6.57. The van der Waals surface area contributed by atoms with Crippen LogP contribution in [0, 0.1) is 0 Å². The standard InChI is InChI=1S/C15H20Cl2O3/c1-8(2)19-13-6-11(15(18)10(5)16)12(17)7-14(13)20-9(3)4/h6-10H,1-5H3. The summed E-state index contributed by atoms with van der Waals surface area (Å²) in [5, 5.41) is -0.328. The molecule has 0 heterocycles. The van der Waals surface area contributed by atoms with E-state index >= 15 is 0 Å². The van der Waals surface area contributed by atoms with Crippen LogP contribution in [0.3, 0.4) is 0 Å². The molecule has 0 aliphatic heterocycles. The van der Waals surface area contributed by atoms with Gasteiger partial charge in [0.1, 0.15) is 0 Å². The van der Waals surface area contributed by atoms with Crippen molar-refractivity contribution < 1.29 is 14.3 Å². The summed E-state index contributed by atoms with van der Waals surface area (Å²) in [6.45, 7) is 9.24. The number of carbonyl (C=O) groups is 1. The molecule has 112 valence electrons. The van der Waals surface area contributed by atoms with Crippen LogP contribution in [0.4, 0.5) is 0 Å². The van der Waals surface area contributed by atoms with Crippen molar-refractivity contribution in [3.63, 3.8) is 0 Å². The van der Waals surface area contributed by atoms with Crippen molar-refractivity contribution in [3.8, 4) is 11.5 Å². The van der Waals surface area contributed by atoms with Crippen molar-refractivity contribution in [3.05, 3.63) is 22.7 Å². The van der Waals surface area contributed by atoms with E-state index in [9.17, 15) is 4.79 Å². The van der Waals surface area contributed by atoms with Crippen LogP contribution in [0.15, 0.2) is 12.1 Å². The van der Waals surface area contributed by atoms with E-state index in [4.69, 9.17) is 32.7 Å². The maximum Gasteiger partial charge on any atom is 0.182 e. The van der Waals surface area contributed by atoms with Gasteiger partial charge in [-0.15, -0.1) is 11.6 Å². The Bertz CT molecular complexity index is 482. The molecule has 5 heteroatoms. The summed E-state index contributed by atoms with van der Waals surface area (Å²) in [4.78, 5) is 12.0. The molecule has 1 unspecified atom stereocenters. The summed E-state index contributed by atoms with van der Waals surface area (Å²) in [5.74, 6) is 0.789. The van der Waals surface area contributed by atoms with Crippen LogP contribution >= 0.6 is 23.2 Å². The fourth-order valence-corrected chi connectivity index (χ4v) is 1.99. The van der Waals surface area contributed by atoms with E-state index in [1.807, 2.05) is 27.7 Å². The number of hydrogen-bond acceptors (Lipinski definition) is 3. The molecule has 0 aliphatic rings. The minimum absolute atomic E-state index is 0.0194. The predicted octanol–water partition coefficient (Wildman–Crippen LogP) is 4.72. The fourth-order valence-electron chi connectivity index (χ4n) is 1.63. The van der Waals surface area contributed by atoms with Crippen molar-refractivity contribution in [2.75, 3.05) is 0 Å². The second-order valence-electron chi connectivity index (χ2n) is 5.09. The topological polar surface area (TPSA) is 35.5 Å². The maximum absolute atomic E-state index is 12.0. The average Bonchev–Trinajstić information content (AvgIpc) is 2.30. The molecule has 0 amide bonds. The van der Waals surface area contributed by atoms with E-state index in [0.29, 0.717) is 22.1 Å². The molecule has 0 spiro atoms. The van der Waals surface area contributed by atoms with Crippen LogP contribution in [0.5, 0.6) is 11.5 Å². The van der Waals surface area contributed by atoms with Gasteiger partial charge in [-0.05, 0) is 40.7 Å². The number of carbonyl (C=O) groups excluding carboxylic acids is 1. The van der Waals surface area contributed by atoms with Gasteiger partial charge in [-0.1, -0.05) is 11.6 Å². The highest BCUT2D eigenvalue weighted by Gasteiger charge is 2.20. The molecular weight excluding hydrogens is 299 g/mol. The molecule has 1 rings (SSSR count). The number of alkyl halides is 1. The third-order valence-corrected chi connectivity index (χ3v) is 2.90. The third kappa shape index (κ3) is 4.57. The van der Waals surface area contributed by atoms with Crippen molar-refractivity contribution in [1.82, 2.24) is 0 Å². The molecule has 0 radical (unpaired) electrons. The monoisotopic (exact) mass is 318 g/mol. The first-order chi connectivity index (χ1) is 9.22. The Hall–Kier alpha value is -0.930. The summed E-state index contributed by atoms with van der Waals surface area (Å²) in [7, 11) is 0.